The van der Waals surface area contributed by atoms with Crippen LogP contribution >= 0.6 is 0 Å². The fraction of sp³-hybridized carbons (Fsp3) is 0.250. The second kappa shape index (κ2) is 5.16. The summed E-state index contributed by atoms with van der Waals surface area (Å²) in [4.78, 5) is 21.5. The third kappa shape index (κ3) is 2.62. The second-order valence-electron chi connectivity index (χ2n) is 5.38. The zero-order chi connectivity index (χ0) is 14.9. The summed E-state index contributed by atoms with van der Waals surface area (Å²) >= 11 is -2.29. The molecule has 0 unspecified atom stereocenters. The van der Waals surface area contributed by atoms with Gasteiger partial charge in [0.1, 0.15) is 0 Å². The molecule has 0 aliphatic heterocycles. The number of carbonyl (C=O) groups excluding carboxylic acids is 1. The van der Waals surface area contributed by atoms with Crippen LogP contribution in [0.5, 0.6) is 0 Å². The Bertz CT molecular complexity index is 658. The number of rotatable bonds is 4. The number of non-ortho nitro benzene ring substituents is 1. The Balaban J connectivity index is 2.50. The first-order chi connectivity index (χ1) is 9.34. The number of nitro benzene ring substituents is 1. The molecule has 0 saturated carbocycles. The first-order valence-electron chi connectivity index (χ1n) is 6.01. The molecule has 0 fully saturated rings. The molecule has 20 heavy (non-hydrogen) atoms. The standard InChI is InChI=1S/C12H14GeN4O3/c1-13(2,3)12-11(8-18)16(15-14-12)9-4-6-10(7-5-9)17(19)20/h4-8H,1-3H3. The SMILES string of the molecule is [CH3][Ge]([CH3])([CH3])[c]1nnn(-c2ccc([N+](=O)[O-])cc2)c1C=O. The number of benzene rings is 1. The van der Waals surface area contributed by atoms with Crippen LogP contribution in [0, 0.1) is 10.1 Å². The Labute approximate surface area is 118 Å². The number of aromatic nitrogens is 3. The average molecular weight is 335 g/mol. The van der Waals surface area contributed by atoms with Gasteiger partial charge in [0.05, 0.1) is 0 Å². The van der Waals surface area contributed by atoms with Crippen LogP contribution < -0.4 is 4.53 Å². The summed E-state index contributed by atoms with van der Waals surface area (Å²) in [5.74, 6) is 6.37. The summed E-state index contributed by atoms with van der Waals surface area (Å²) in [5, 5.41) is 18.8. The molecule has 1 aromatic carbocycles. The van der Waals surface area contributed by atoms with E-state index in [2.05, 4.69) is 27.6 Å². The maximum absolute atomic E-state index is 11.3. The maximum atomic E-state index is 11.3. The molecule has 0 spiro atoms. The van der Waals surface area contributed by atoms with Crippen molar-refractivity contribution in [3.63, 3.8) is 0 Å². The Morgan fingerprint density at radius 2 is 1.85 bits per heavy atom. The molecular formula is C12H14GeN4O3. The number of hydrogen-bond acceptors (Lipinski definition) is 5. The third-order valence-electron chi connectivity index (χ3n) is 2.83. The summed E-state index contributed by atoms with van der Waals surface area (Å²) in [5.41, 5.74) is 1.02. The van der Waals surface area contributed by atoms with E-state index in [-0.39, 0.29) is 5.69 Å². The summed E-state index contributed by atoms with van der Waals surface area (Å²) in [6.45, 7) is 0. The predicted octanol–water partition coefficient (Wildman–Crippen LogP) is 1.53. The number of aldehydes is 1. The molecule has 2 aromatic rings. The molecule has 104 valence electrons. The van der Waals surface area contributed by atoms with Crippen LogP contribution in [0.1, 0.15) is 10.5 Å². The van der Waals surface area contributed by atoms with Gasteiger partial charge in [-0.25, -0.2) is 0 Å². The molecule has 2 rings (SSSR count). The fourth-order valence-corrected chi connectivity index (χ4v) is 4.52. The monoisotopic (exact) mass is 336 g/mol. The molecular weight excluding hydrogens is 321 g/mol. The average Bonchev–Trinajstić information content (AvgIpc) is 2.82. The van der Waals surface area contributed by atoms with Gasteiger partial charge in [-0.3, -0.25) is 0 Å². The Morgan fingerprint density at radius 3 is 2.30 bits per heavy atom. The van der Waals surface area contributed by atoms with Crippen molar-refractivity contribution in [3.05, 3.63) is 40.1 Å². The normalized spacial score (nSPS) is 11.3. The van der Waals surface area contributed by atoms with Gasteiger partial charge in [0.25, 0.3) is 0 Å². The number of nitro groups is 1. The zero-order valence-corrected chi connectivity index (χ0v) is 13.5. The van der Waals surface area contributed by atoms with E-state index in [1.54, 1.807) is 12.1 Å². The van der Waals surface area contributed by atoms with E-state index in [9.17, 15) is 14.9 Å². The molecule has 0 bridgehead atoms. The quantitative estimate of drug-likeness (QED) is 0.366. The van der Waals surface area contributed by atoms with E-state index in [1.165, 1.54) is 16.8 Å². The zero-order valence-electron chi connectivity index (χ0n) is 11.4. The molecule has 0 atom stereocenters. The fourth-order valence-electron chi connectivity index (χ4n) is 1.84. The number of nitrogens with zero attached hydrogens (tertiary/aromatic N) is 4. The molecule has 1 aromatic heterocycles. The summed E-state index contributed by atoms with van der Waals surface area (Å²) < 4.78 is 2.21. The molecule has 0 aliphatic rings. The van der Waals surface area contributed by atoms with Crippen molar-refractivity contribution in [2.75, 3.05) is 0 Å². The van der Waals surface area contributed by atoms with Crippen molar-refractivity contribution in [3.8, 4) is 5.69 Å². The van der Waals surface area contributed by atoms with Gasteiger partial charge in [0.15, 0.2) is 0 Å². The van der Waals surface area contributed by atoms with E-state index in [4.69, 9.17) is 0 Å². The Hall–Kier alpha value is -2.03. The molecule has 0 amide bonds. The van der Waals surface area contributed by atoms with Gasteiger partial charge < -0.3 is 0 Å². The van der Waals surface area contributed by atoms with Crippen molar-refractivity contribution >= 4 is 29.8 Å². The molecule has 0 saturated heterocycles. The van der Waals surface area contributed by atoms with E-state index in [0.29, 0.717) is 11.4 Å². The molecule has 0 aliphatic carbocycles. The van der Waals surface area contributed by atoms with Gasteiger partial charge in [-0.05, 0) is 0 Å². The van der Waals surface area contributed by atoms with E-state index in [0.717, 1.165) is 10.8 Å². The molecule has 0 N–H and O–H groups in total. The summed E-state index contributed by atoms with van der Waals surface area (Å²) in [7, 11) is 0. The van der Waals surface area contributed by atoms with E-state index >= 15 is 0 Å². The van der Waals surface area contributed by atoms with Crippen LogP contribution in [0.4, 0.5) is 5.69 Å². The van der Waals surface area contributed by atoms with Crippen molar-refractivity contribution in [2.45, 2.75) is 17.3 Å². The molecule has 7 nitrogen and oxygen atoms in total. The molecule has 1 heterocycles. The van der Waals surface area contributed by atoms with Crippen molar-refractivity contribution in [1.82, 2.24) is 15.0 Å². The van der Waals surface area contributed by atoms with Crippen LogP contribution in [0.2, 0.25) is 17.3 Å². The Kier molecular flexibility index (Phi) is 3.71. The van der Waals surface area contributed by atoms with Gasteiger partial charge in [0, 0.05) is 0 Å². The number of carbonyl (C=O) groups is 1. The van der Waals surface area contributed by atoms with Crippen molar-refractivity contribution in [1.29, 1.82) is 0 Å². The second-order valence-corrected chi connectivity index (χ2v) is 15.8. The van der Waals surface area contributed by atoms with Crippen LogP contribution in [-0.2, 0) is 0 Å². The molecule has 0 radical (unpaired) electrons. The van der Waals surface area contributed by atoms with Gasteiger partial charge in [-0.2, -0.15) is 0 Å². The first kappa shape index (κ1) is 14.4. The summed E-state index contributed by atoms with van der Waals surface area (Å²) in [6.07, 6.45) is 0.743. The van der Waals surface area contributed by atoms with Crippen molar-refractivity contribution in [2.24, 2.45) is 0 Å². The molecule has 8 heteroatoms. The van der Waals surface area contributed by atoms with Crippen LogP contribution in [0.3, 0.4) is 0 Å². The predicted molar refractivity (Wildman–Crippen MR) is 76.4 cm³/mol. The Morgan fingerprint density at radius 1 is 1.25 bits per heavy atom. The number of hydrogen-bond donors (Lipinski definition) is 0. The van der Waals surface area contributed by atoms with E-state index in [1.807, 2.05) is 0 Å². The third-order valence-corrected chi connectivity index (χ3v) is 6.56. The topological polar surface area (TPSA) is 90.9 Å². The van der Waals surface area contributed by atoms with Gasteiger partial charge in [-0.1, -0.05) is 0 Å². The van der Waals surface area contributed by atoms with Gasteiger partial charge in [-0.15, -0.1) is 0 Å². The van der Waals surface area contributed by atoms with Gasteiger partial charge in [0.2, 0.25) is 0 Å². The first-order valence-corrected chi connectivity index (χ1v) is 13.3. The van der Waals surface area contributed by atoms with Gasteiger partial charge >= 0.3 is 118 Å². The minimum atomic E-state index is -2.29. The van der Waals surface area contributed by atoms with Crippen LogP contribution in [-0.4, -0.2) is 39.5 Å². The van der Waals surface area contributed by atoms with Crippen molar-refractivity contribution < 1.29 is 9.72 Å². The minimum absolute atomic E-state index is 0.00443. The van der Waals surface area contributed by atoms with E-state index < -0.39 is 18.2 Å². The van der Waals surface area contributed by atoms with Crippen LogP contribution in [0.15, 0.2) is 24.3 Å². The summed E-state index contributed by atoms with van der Waals surface area (Å²) in [6, 6.07) is 5.87. The van der Waals surface area contributed by atoms with Crippen LogP contribution in [0.25, 0.3) is 5.69 Å².